The van der Waals surface area contributed by atoms with Crippen molar-refractivity contribution in [3.8, 4) is 11.5 Å². The van der Waals surface area contributed by atoms with Crippen LogP contribution in [0.2, 0.25) is 0 Å². The Morgan fingerprint density at radius 1 is 1.11 bits per heavy atom. The molecule has 0 radical (unpaired) electrons. The maximum Gasteiger partial charge on any atom is 0.363 e. The summed E-state index contributed by atoms with van der Waals surface area (Å²) in [4.78, 5) is 26.8. The molecule has 0 amide bonds. The van der Waals surface area contributed by atoms with Crippen molar-refractivity contribution in [1.82, 2.24) is 0 Å². The maximum absolute atomic E-state index is 12.1. The van der Waals surface area contributed by atoms with Crippen LogP contribution in [-0.4, -0.2) is 31.0 Å². The molecule has 0 fully saturated rings. The molecule has 8 heteroatoms. The normalized spacial score (nSPS) is 14.9. The fourth-order valence-corrected chi connectivity index (χ4v) is 2.52. The number of methoxy groups -OCH3 is 2. The van der Waals surface area contributed by atoms with Crippen molar-refractivity contribution in [3.05, 3.63) is 81.6 Å². The van der Waals surface area contributed by atoms with Gasteiger partial charge in [0.05, 0.1) is 24.7 Å². The number of nitro benzene ring substituents is 1. The van der Waals surface area contributed by atoms with Crippen molar-refractivity contribution in [2.45, 2.75) is 0 Å². The Morgan fingerprint density at radius 3 is 2.43 bits per heavy atom. The molecule has 3 rings (SSSR count). The van der Waals surface area contributed by atoms with Crippen molar-refractivity contribution in [3.63, 3.8) is 0 Å². The molecule has 8 nitrogen and oxygen atoms in total. The smallest absolute Gasteiger partial charge is 0.363 e. The summed E-state index contributed by atoms with van der Waals surface area (Å²) < 4.78 is 15.6. The highest BCUT2D eigenvalue weighted by Gasteiger charge is 2.24. The third kappa shape index (κ3) is 4.07. The second-order valence-electron chi connectivity index (χ2n) is 5.63. The molecular formula is C20H16N2O6. The predicted molar refractivity (Wildman–Crippen MR) is 102 cm³/mol. The summed E-state index contributed by atoms with van der Waals surface area (Å²) in [5, 5.41) is 11.0. The van der Waals surface area contributed by atoms with Gasteiger partial charge in [0.15, 0.2) is 5.70 Å². The van der Waals surface area contributed by atoms with Crippen LogP contribution in [0.4, 0.5) is 5.69 Å². The van der Waals surface area contributed by atoms with Crippen LogP contribution in [0.5, 0.6) is 11.5 Å². The largest absolute Gasteiger partial charge is 0.497 e. The Balaban J connectivity index is 1.87. The van der Waals surface area contributed by atoms with E-state index in [9.17, 15) is 14.9 Å². The van der Waals surface area contributed by atoms with Gasteiger partial charge in [0.1, 0.15) is 11.5 Å². The third-order valence-corrected chi connectivity index (χ3v) is 3.88. The van der Waals surface area contributed by atoms with E-state index in [2.05, 4.69) is 4.99 Å². The standard InChI is InChI=1S/C20H16N2O6/c1-26-15-10-14(11-16(12-15)27-2)19-21-17(20(23)28-19)8-5-7-13-6-3-4-9-18(13)22(24)25/h3-12H,1-2H3/b7-5+,17-8-. The molecule has 0 N–H and O–H groups in total. The summed E-state index contributed by atoms with van der Waals surface area (Å²) in [6.45, 7) is 0. The first-order valence-corrected chi connectivity index (χ1v) is 8.18. The average Bonchev–Trinajstić information content (AvgIpc) is 3.08. The number of rotatable bonds is 6. The Bertz CT molecular complexity index is 1000. The number of hydrogen-bond acceptors (Lipinski definition) is 7. The van der Waals surface area contributed by atoms with E-state index >= 15 is 0 Å². The van der Waals surface area contributed by atoms with Crippen LogP contribution < -0.4 is 9.47 Å². The lowest BCUT2D eigenvalue weighted by Gasteiger charge is -2.07. The topological polar surface area (TPSA) is 100 Å². The number of carbonyl (C=O) groups is 1. The number of benzene rings is 2. The summed E-state index contributed by atoms with van der Waals surface area (Å²) in [5.41, 5.74) is 0.985. The molecule has 0 spiro atoms. The Labute approximate surface area is 160 Å². The van der Waals surface area contributed by atoms with Gasteiger partial charge in [-0.05, 0) is 30.4 Å². The van der Waals surface area contributed by atoms with Crippen LogP contribution in [0.15, 0.2) is 65.3 Å². The zero-order valence-electron chi connectivity index (χ0n) is 15.1. The molecule has 28 heavy (non-hydrogen) atoms. The van der Waals surface area contributed by atoms with Gasteiger partial charge >= 0.3 is 5.97 Å². The van der Waals surface area contributed by atoms with Gasteiger partial charge in [-0.1, -0.05) is 18.2 Å². The van der Waals surface area contributed by atoms with Crippen molar-refractivity contribution < 1.29 is 23.9 Å². The molecule has 2 aromatic carbocycles. The van der Waals surface area contributed by atoms with Crippen molar-refractivity contribution in [2.75, 3.05) is 14.2 Å². The minimum Gasteiger partial charge on any atom is -0.497 e. The fourth-order valence-electron chi connectivity index (χ4n) is 2.52. The molecule has 0 bridgehead atoms. The van der Waals surface area contributed by atoms with Crippen molar-refractivity contribution in [1.29, 1.82) is 0 Å². The number of ether oxygens (including phenoxy) is 3. The number of allylic oxidation sites excluding steroid dienone is 2. The van der Waals surface area contributed by atoms with E-state index in [-0.39, 0.29) is 17.3 Å². The minimum absolute atomic E-state index is 0.0289. The zero-order chi connectivity index (χ0) is 20.1. The van der Waals surface area contributed by atoms with Gasteiger partial charge in [-0.3, -0.25) is 10.1 Å². The Morgan fingerprint density at radius 2 is 1.79 bits per heavy atom. The van der Waals surface area contributed by atoms with Gasteiger partial charge in [-0.15, -0.1) is 0 Å². The number of para-hydroxylation sites is 1. The van der Waals surface area contributed by atoms with Crippen LogP contribution in [-0.2, 0) is 9.53 Å². The minimum atomic E-state index is -0.621. The number of esters is 1. The number of cyclic esters (lactones) is 1. The molecule has 0 atom stereocenters. The van der Waals surface area contributed by atoms with Crippen LogP contribution in [0.1, 0.15) is 11.1 Å². The van der Waals surface area contributed by atoms with Gasteiger partial charge in [0.2, 0.25) is 5.90 Å². The lowest BCUT2D eigenvalue weighted by atomic mass is 10.1. The number of aliphatic imine (C=N–C) groups is 1. The number of nitrogens with zero attached hydrogens (tertiary/aromatic N) is 2. The monoisotopic (exact) mass is 380 g/mol. The predicted octanol–water partition coefficient (Wildman–Crippen LogP) is 3.51. The van der Waals surface area contributed by atoms with E-state index in [1.165, 1.54) is 38.5 Å². The van der Waals surface area contributed by atoms with E-state index in [4.69, 9.17) is 14.2 Å². The lowest BCUT2D eigenvalue weighted by molar-refractivity contribution is -0.385. The van der Waals surface area contributed by atoms with Gasteiger partial charge in [-0.2, -0.15) is 0 Å². The van der Waals surface area contributed by atoms with Crippen LogP contribution in [0.3, 0.4) is 0 Å². The van der Waals surface area contributed by atoms with Gasteiger partial charge in [0.25, 0.3) is 5.69 Å². The number of nitro groups is 1. The summed E-state index contributed by atoms with van der Waals surface area (Å²) in [5.74, 6) is 0.556. The molecule has 0 saturated heterocycles. The van der Waals surface area contributed by atoms with Crippen molar-refractivity contribution in [2.24, 2.45) is 4.99 Å². The van der Waals surface area contributed by atoms with Gasteiger partial charge < -0.3 is 14.2 Å². The van der Waals surface area contributed by atoms with E-state index in [0.29, 0.717) is 22.6 Å². The Kier molecular flexibility index (Phi) is 5.50. The van der Waals surface area contributed by atoms with Gasteiger partial charge in [0, 0.05) is 17.7 Å². The summed E-state index contributed by atoms with van der Waals surface area (Å²) in [7, 11) is 3.03. The SMILES string of the molecule is COc1cc(OC)cc(C2=N/C(=C\C=C\c3ccccc3[N+](=O)[O-])C(=O)O2)c1. The summed E-state index contributed by atoms with van der Waals surface area (Å²) >= 11 is 0. The van der Waals surface area contributed by atoms with Crippen LogP contribution >= 0.6 is 0 Å². The molecule has 0 aliphatic carbocycles. The van der Waals surface area contributed by atoms with E-state index < -0.39 is 10.9 Å². The van der Waals surface area contributed by atoms with E-state index in [1.807, 2.05) is 0 Å². The highest BCUT2D eigenvalue weighted by molar-refractivity contribution is 6.11. The highest BCUT2D eigenvalue weighted by atomic mass is 16.6. The highest BCUT2D eigenvalue weighted by Crippen LogP contribution is 2.26. The van der Waals surface area contributed by atoms with Crippen LogP contribution in [0, 0.1) is 10.1 Å². The zero-order valence-corrected chi connectivity index (χ0v) is 15.1. The van der Waals surface area contributed by atoms with Crippen LogP contribution in [0.25, 0.3) is 6.08 Å². The van der Waals surface area contributed by atoms with E-state index in [1.54, 1.807) is 36.4 Å². The number of hydrogen-bond donors (Lipinski definition) is 0. The first-order chi connectivity index (χ1) is 13.5. The second-order valence-corrected chi connectivity index (χ2v) is 5.63. The molecule has 1 aliphatic heterocycles. The maximum atomic E-state index is 12.1. The quantitative estimate of drug-likeness (QED) is 0.329. The Hall–Kier alpha value is -3.94. The first-order valence-electron chi connectivity index (χ1n) is 8.18. The molecule has 2 aromatic rings. The summed E-state index contributed by atoms with van der Waals surface area (Å²) in [6.07, 6.45) is 4.47. The third-order valence-electron chi connectivity index (χ3n) is 3.88. The van der Waals surface area contributed by atoms with Gasteiger partial charge in [-0.25, -0.2) is 9.79 Å². The first kappa shape index (κ1) is 18.8. The molecule has 0 unspecified atom stereocenters. The second kappa shape index (κ2) is 8.17. The molecule has 0 aromatic heterocycles. The molecule has 1 aliphatic rings. The number of carbonyl (C=O) groups excluding carboxylic acids is 1. The molecular weight excluding hydrogens is 364 g/mol. The van der Waals surface area contributed by atoms with Crippen molar-refractivity contribution >= 4 is 23.6 Å². The molecule has 142 valence electrons. The molecule has 0 saturated carbocycles. The molecule has 1 heterocycles. The van der Waals surface area contributed by atoms with E-state index in [0.717, 1.165) is 0 Å². The fraction of sp³-hybridized carbons (Fsp3) is 0.100. The average molecular weight is 380 g/mol. The lowest BCUT2D eigenvalue weighted by Crippen LogP contribution is -2.06. The summed E-state index contributed by atoms with van der Waals surface area (Å²) in [6, 6.07) is 11.3.